The molecule has 3 N–H and O–H groups in total. The molecule has 0 aliphatic heterocycles. The van der Waals surface area contributed by atoms with Crippen LogP contribution in [0.25, 0.3) is 0 Å². The lowest BCUT2D eigenvalue weighted by molar-refractivity contribution is -0.113. The fourth-order valence-electron chi connectivity index (χ4n) is 4.74. The number of carbonyl (C=O) groups is 2. The first-order valence-corrected chi connectivity index (χ1v) is 15.7. The summed E-state index contributed by atoms with van der Waals surface area (Å²) < 4.78 is 5.37. The Morgan fingerprint density at radius 2 is 1.80 bits per heavy atom. The number of amides is 1. The zero-order valence-corrected chi connectivity index (χ0v) is 26.1. The van der Waals surface area contributed by atoms with E-state index >= 15 is 0 Å². The topological polar surface area (TPSA) is 79.5 Å². The lowest BCUT2D eigenvalue weighted by Gasteiger charge is -2.33. The molecule has 0 radical (unpaired) electrons. The van der Waals surface area contributed by atoms with E-state index in [1.54, 1.807) is 6.92 Å². The van der Waals surface area contributed by atoms with Gasteiger partial charge in [-0.15, -0.1) is 23.1 Å². The minimum atomic E-state index is -0.355. The van der Waals surface area contributed by atoms with Crippen LogP contribution in [-0.2, 0) is 22.4 Å². The maximum Gasteiger partial charge on any atom is 0.341 e. The summed E-state index contributed by atoms with van der Waals surface area (Å²) >= 11 is 8.41. The monoisotopic (exact) mass is 595 g/mol. The highest BCUT2D eigenvalue weighted by molar-refractivity contribution is 8.00. The molecule has 3 aromatic rings. The predicted octanol–water partition coefficient (Wildman–Crippen LogP) is 7.92. The number of thiophene rings is 1. The molecule has 0 saturated carbocycles. The summed E-state index contributed by atoms with van der Waals surface area (Å²) in [7, 11) is 0. The van der Waals surface area contributed by atoms with E-state index in [4.69, 9.17) is 17.0 Å². The van der Waals surface area contributed by atoms with Crippen LogP contribution >= 0.6 is 35.3 Å². The number of carbonyl (C=O) groups excluding carboxylic acids is 2. The summed E-state index contributed by atoms with van der Waals surface area (Å²) in [6, 6.07) is 15.8. The van der Waals surface area contributed by atoms with Crippen molar-refractivity contribution in [3.05, 3.63) is 70.1 Å². The molecule has 1 aromatic heterocycles. The Labute approximate surface area is 250 Å². The van der Waals surface area contributed by atoms with Gasteiger partial charge in [-0.05, 0) is 92.6 Å². The van der Waals surface area contributed by atoms with Crippen molar-refractivity contribution >= 4 is 68.7 Å². The molecule has 4 rings (SSSR count). The molecule has 1 unspecified atom stereocenters. The molecule has 0 spiro atoms. The summed E-state index contributed by atoms with van der Waals surface area (Å²) in [5.41, 5.74) is 4.70. The van der Waals surface area contributed by atoms with E-state index in [1.165, 1.54) is 33.5 Å². The largest absolute Gasteiger partial charge is 0.462 e. The van der Waals surface area contributed by atoms with E-state index in [0.717, 1.165) is 41.1 Å². The molecule has 9 heteroatoms. The van der Waals surface area contributed by atoms with Gasteiger partial charge in [0.05, 0.1) is 17.9 Å². The normalized spacial score (nSPS) is 14.7. The van der Waals surface area contributed by atoms with Crippen LogP contribution in [0.5, 0.6) is 0 Å². The molecule has 40 heavy (non-hydrogen) atoms. The van der Waals surface area contributed by atoms with Gasteiger partial charge in [0.2, 0.25) is 5.91 Å². The quantitative estimate of drug-likeness (QED) is 0.139. The van der Waals surface area contributed by atoms with Crippen molar-refractivity contribution in [1.82, 2.24) is 0 Å². The minimum absolute atomic E-state index is 0.156. The molecule has 6 nitrogen and oxygen atoms in total. The standard InChI is InChI=1S/C31H37N3O3S3/c1-6-37-29(36)27-24-15-12-20(31(3,4)5)16-25(24)40-28(27)34-26(35)18-39-23-9-7-8-22(17-23)33-30(38)32-21-13-10-19(2)11-14-21/h7-11,13-14,17,20H,6,12,15-16,18H2,1-5H3,(H,34,35)(H2,32,33,38). The second-order valence-electron chi connectivity index (χ2n) is 11.0. The van der Waals surface area contributed by atoms with Gasteiger partial charge in [-0.2, -0.15) is 0 Å². The average Bonchev–Trinajstić information content (AvgIpc) is 3.25. The molecule has 1 aliphatic rings. The van der Waals surface area contributed by atoms with Gasteiger partial charge in [0.25, 0.3) is 0 Å². The smallest absolute Gasteiger partial charge is 0.341 e. The molecule has 0 bridgehead atoms. The van der Waals surface area contributed by atoms with E-state index in [-0.39, 0.29) is 23.0 Å². The van der Waals surface area contributed by atoms with Crippen molar-refractivity contribution in [2.45, 2.75) is 58.8 Å². The number of thioether (sulfide) groups is 1. The van der Waals surface area contributed by atoms with Gasteiger partial charge in [0.1, 0.15) is 5.00 Å². The lowest BCUT2D eigenvalue weighted by atomic mass is 9.72. The van der Waals surface area contributed by atoms with Crippen molar-refractivity contribution in [2.75, 3.05) is 28.3 Å². The fraction of sp³-hybridized carbons (Fsp3) is 0.387. The van der Waals surface area contributed by atoms with E-state index in [2.05, 4.69) is 36.7 Å². The number of hydrogen-bond acceptors (Lipinski definition) is 6. The molecule has 0 fully saturated rings. The van der Waals surface area contributed by atoms with Crippen LogP contribution in [0.4, 0.5) is 16.4 Å². The Kier molecular flexibility index (Phi) is 9.92. The summed E-state index contributed by atoms with van der Waals surface area (Å²) in [4.78, 5) is 28.0. The number of aryl methyl sites for hydroxylation is 1. The summed E-state index contributed by atoms with van der Waals surface area (Å²) in [5, 5.41) is 10.5. The Morgan fingerprint density at radius 3 is 2.50 bits per heavy atom. The molecule has 0 saturated heterocycles. The van der Waals surface area contributed by atoms with Crippen molar-refractivity contribution < 1.29 is 14.3 Å². The average molecular weight is 596 g/mol. The third kappa shape index (κ3) is 7.86. The van der Waals surface area contributed by atoms with Crippen LogP contribution in [-0.4, -0.2) is 29.3 Å². The van der Waals surface area contributed by atoms with Crippen molar-refractivity contribution in [2.24, 2.45) is 11.3 Å². The molecular weight excluding hydrogens is 559 g/mol. The van der Waals surface area contributed by atoms with E-state index in [9.17, 15) is 9.59 Å². The minimum Gasteiger partial charge on any atom is -0.462 e. The number of thiocarbonyl (C=S) groups is 1. The van der Waals surface area contributed by atoms with Crippen LogP contribution in [0.1, 0.15) is 60.5 Å². The summed E-state index contributed by atoms with van der Waals surface area (Å²) in [6.45, 7) is 10.9. The van der Waals surface area contributed by atoms with Gasteiger partial charge in [0, 0.05) is 21.1 Å². The number of hydrogen-bond donors (Lipinski definition) is 3. The van der Waals surface area contributed by atoms with Gasteiger partial charge in [-0.25, -0.2) is 4.79 Å². The summed E-state index contributed by atoms with van der Waals surface area (Å²) in [5.74, 6) is 0.238. The number of benzene rings is 2. The Bertz CT molecular complexity index is 1380. The van der Waals surface area contributed by atoms with E-state index in [1.807, 2.05) is 55.5 Å². The van der Waals surface area contributed by atoms with Crippen LogP contribution in [0, 0.1) is 18.3 Å². The van der Waals surface area contributed by atoms with Crippen LogP contribution < -0.4 is 16.0 Å². The number of fused-ring (bicyclic) bond motifs is 1. The highest BCUT2D eigenvalue weighted by Crippen LogP contribution is 2.44. The maximum absolute atomic E-state index is 13.0. The Hall–Kier alpha value is -2.88. The third-order valence-electron chi connectivity index (χ3n) is 6.99. The van der Waals surface area contributed by atoms with Gasteiger partial charge in [-0.3, -0.25) is 4.79 Å². The predicted molar refractivity (Wildman–Crippen MR) is 172 cm³/mol. The first kappa shape index (κ1) is 30.1. The molecule has 1 heterocycles. The number of ether oxygens (including phenoxy) is 1. The number of nitrogens with one attached hydrogen (secondary N) is 3. The SMILES string of the molecule is CCOC(=O)c1c(NC(=O)CSc2cccc(NC(=S)Nc3ccc(C)cc3)c2)sc2c1CCC(C(C)(C)C)C2. The first-order chi connectivity index (χ1) is 19.0. The van der Waals surface area contributed by atoms with Crippen LogP contribution in [0.2, 0.25) is 0 Å². The van der Waals surface area contributed by atoms with Gasteiger partial charge in [-0.1, -0.05) is 44.5 Å². The van der Waals surface area contributed by atoms with E-state index in [0.29, 0.717) is 28.2 Å². The second-order valence-corrected chi connectivity index (χ2v) is 13.6. The van der Waals surface area contributed by atoms with Crippen LogP contribution in [0.15, 0.2) is 53.4 Å². The number of esters is 1. The van der Waals surface area contributed by atoms with Gasteiger partial charge < -0.3 is 20.7 Å². The zero-order chi connectivity index (χ0) is 28.9. The third-order valence-corrected chi connectivity index (χ3v) is 9.36. The second kappa shape index (κ2) is 13.2. The highest BCUT2D eigenvalue weighted by atomic mass is 32.2. The molecule has 1 aliphatic carbocycles. The zero-order valence-electron chi connectivity index (χ0n) is 23.7. The maximum atomic E-state index is 13.0. The number of rotatable bonds is 8. The van der Waals surface area contributed by atoms with Crippen molar-refractivity contribution in [3.8, 4) is 0 Å². The molecule has 1 amide bonds. The molecule has 212 valence electrons. The van der Waals surface area contributed by atoms with E-state index < -0.39 is 0 Å². The molecular formula is C31H37N3O3S3. The van der Waals surface area contributed by atoms with Crippen molar-refractivity contribution in [1.29, 1.82) is 0 Å². The highest BCUT2D eigenvalue weighted by Gasteiger charge is 2.34. The molecule has 2 aromatic carbocycles. The Morgan fingerprint density at radius 1 is 1.07 bits per heavy atom. The molecule has 1 atom stereocenters. The fourth-order valence-corrected chi connectivity index (χ4v) is 7.06. The first-order valence-electron chi connectivity index (χ1n) is 13.5. The van der Waals surface area contributed by atoms with Crippen molar-refractivity contribution in [3.63, 3.8) is 0 Å². The van der Waals surface area contributed by atoms with Gasteiger partial charge in [0.15, 0.2) is 5.11 Å². The lowest BCUT2D eigenvalue weighted by Crippen LogP contribution is -2.26. The summed E-state index contributed by atoms with van der Waals surface area (Å²) in [6.07, 6.45) is 2.77. The number of anilines is 3. The van der Waals surface area contributed by atoms with Gasteiger partial charge >= 0.3 is 5.97 Å². The Balaban J connectivity index is 1.39. The van der Waals surface area contributed by atoms with Crippen LogP contribution in [0.3, 0.4) is 0 Å².